The van der Waals surface area contributed by atoms with Crippen molar-refractivity contribution in [2.24, 2.45) is 0 Å². The zero-order chi connectivity index (χ0) is 12.2. The lowest BCUT2D eigenvalue weighted by Crippen LogP contribution is -2.49. The van der Waals surface area contributed by atoms with Crippen molar-refractivity contribution in [1.82, 2.24) is 14.3 Å². The van der Waals surface area contributed by atoms with E-state index in [2.05, 4.69) is 11.9 Å². The van der Waals surface area contributed by atoms with E-state index in [4.69, 9.17) is 0 Å². The van der Waals surface area contributed by atoms with Gasteiger partial charge in [0.2, 0.25) is 0 Å². The van der Waals surface area contributed by atoms with E-state index >= 15 is 0 Å². The van der Waals surface area contributed by atoms with Gasteiger partial charge in [-0.1, -0.05) is 6.58 Å². The standard InChI is InChI=1S/C9H17N3O3S/c1-3-9(13)11-16(14,15)12-6-4-8(10-2)5-7-12/h3,8,10H,1,4-7H2,2H3,(H,11,13). The fourth-order valence-corrected chi connectivity index (χ4v) is 2.78. The molecule has 1 fully saturated rings. The molecule has 92 valence electrons. The third-order valence-corrected chi connectivity index (χ3v) is 4.12. The molecule has 0 radical (unpaired) electrons. The van der Waals surface area contributed by atoms with Gasteiger partial charge in [-0.3, -0.25) is 4.79 Å². The van der Waals surface area contributed by atoms with Gasteiger partial charge in [-0.2, -0.15) is 12.7 Å². The molecule has 0 aromatic rings. The fraction of sp³-hybridized carbons (Fsp3) is 0.667. The van der Waals surface area contributed by atoms with E-state index in [1.807, 2.05) is 11.8 Å². The van der Waals surface area contributed by atoms with Crippen molar-refractivity contribution in [2.45, 2.75) is 18.9 Å². The summed E-state index contributed by atoms with van der Waals surface area (Å²) in [6, 6.07) is 0.349. The normalized spacial score (nSPS) is 19.3. The number of rotatable bonds is 4. The Bertz CT molecular complexity index is 358. The predicted molar refractivity (Wildman–Crippen MR) is 60.9 cm³/mol. The van der Waals surface area contributed by atoms with Gasteiger partial charge in [-0.05, 0) is 26.0 Å². The highest BCUT2D eigenvalue weighted by Crippen LogP contribution is 2.12. The quantitative estimate of drug-likeness (QED) is 0.639. The van der Waals surface area contributed by atoms with Gasteiger partial charge >= 0.3 is 10.2 Å². The molecule has 0 saturated carbocycles. The van der Waals surface area contributed by atoms with E-state index in [-0.39, 0.29) is 0 Å². The molecule has 0 atom stereocenters. The summed E-state index contributed by atoms with van der Waals surface area (Å²) >= 11 is 0. The van der Waals surface area contributed by atoms with E-state index in [9.17, 15) is 13.2 Å². The van der Waals surface area contributed by atoms with Crippen LogP contribution >= 0.6 is 0 Å². The number of hydrogen-bond donors (Lipinski definition) is 2. The number of nitrogens with zero attached hydrogens (tertiary/aromatic N) is 1. The Balaban J connectivity index is 2.58. The third kappa shape index (κ3) is 3.29. The van der Waals surface area contributed by atoms with Crippen LogP contribution in [0.5, 0.6) is 0 Å². The van der Waals surface area contributed by atoms with Gasteiger partial charge in [-0.15, -0.1) is 0 Å². The number of carbonyl (C=O) groups is 1. The molecule has 0 bridgehead atoms. The molecule has 0 unspecified atom stereocenters. The van der Waals surface area contributed by atoms with Crippen LogP contribution in [0.3, 0.4) is 0 Å². The Morgan fingerprint density at radius 1 is 1.44 bits per heavy atom. The highest BCUT2D eigenvalue weighted by atomic mass is 32.2. The van der Waals surface area contributed by atoms with E-state index in [1.54, 1.807) is 0 Å². The first-order valence-electron chi connectivity index (χ1n) is 5.11. The van der Waals surface area contributed by atoms with Crippen molar-refractivity contribution in [3.05, 3.63) is 12.7 Å². The number of hydrogen-bond acceptors (Lipinski definition) is 4. The van der Waals surface area contributed by atoms with Gasteiger partial charge in [0, 0.05) is 19.1 Å². The maximum Gasteiger partial charge on any atom is 0.304 e. The molecule has 0 spiro atoms. The van der Waals surface area contributed by atoms with Crippen molar-refractivity contribution in [1.29, 1.82) is 0 Å². The molecule has 1 saturated heterocycles. The minimum atomic E-state index is -3.69. The monoisotopic (exact) mass is 247 g/mol. The van der Waals surface area contributed by atoms with Gasteiger partial charge < -0.3 is 5.32 Å². The Morgan fingerprint density at radius 3 is 2.44 bits per heavy atom. The topological polar surface area (TPSA) is 78.5 Å². The number of nitrogens with one attached hydrogen (secondary N) is 2. The Hall–Kier alpha value is -0.920. The number of carbonyl (C=O) groups excluding carboxylic acids is 1. The maximum absolute atomic E-state index is 11.7. The van der Waals surface area contributed by atoms with Crippen molar-refractivity contribution < 1.29 is 13.2 Å². The minimum Gasteiger partial charge on any atom is -0.317 e. The van der Waals surface area contributed by atoms with Crippen LogP contribution in [0.15, 0.2) is 12.7 Å². The van der Waals surface area contributed by atoms with Crippen molar-refractivity contribution in [3.63, 3.8) is 0 Å². The molecule has 1 heterocycles. The Labute approximate surface area is 95.9 Å². The fourth-order valence-electron chi connectivity index (χ4n) is 1.62. The van der Waals surface area contributed by atoms with E-state index < -0.39 is 16.1 Å². The highest BCUT2D eigenvalue weighted by Gasteiger charge is 2.27. The first-order chi connectivity index (χ1) is 7.49. The van der Waals surface area contributed by atoms with E-state index in [1.165, 1.54) is 4.31 Å². The molecule has 1 rings (SSSR count). The molecule has 1 aliphatic heterocycles. The zero-order valence-electron chi connectivity index (χ0n) is 9.27. The van der Waals surface area contributed by atoms with Crippen LogP contribution in [-0.2, 0) is 15.0 Å². The first kappa shape index (κ1) is 13.1. The van der Waals surface area contributed by atoms with Crippen molar-refractivity contribution in [3.8, 4) is 0 Å². The average Bonchev–Trinajstić information content (AvgIpc) is 2.28. The van der Waals surface area contributed by atoms with E-state index in [0.717, 1.165) is 18.9 Å². The zero-order valence-corrected chi connectivity index (χ0v) is 10.1. The summed E-state index contributed by atoms with van der Waals surface area (Å²) in [6.07, 6.45) is 2.44. The lowest BCUT2D eigenvalue weighted by atomic mass is 10.1. The first-order valence-corrected chi connectivity index (χ1v) is 6.55. The summed E-state index contributed by atoms with van der Waals surface area (Å²) < 4.78 is 26.6. The maximum atomic E-state index is 11.7. The SMILES string of the molecule is C=CC(=O)NS(=O)(=O)N1CCC(NC)CC1. The molecule has 2 N–H and O–H groups in total. The number of piperidine rings is 1. The average molecular weight is 247 g/mol. The molecule has 0 aliphatic carbocycles. The minimum absolute atomic E-state index is 0.349. The summed E-state index contributed by atoms with van der Waals surface area (Å²) in [4.78, 5) is 10.9. The van der Waals surface area contributed by atoms with Crippen LogP contribution in [0.4, 0.5) is 0 Å². The van der Waals surface area contributed by atoms with Gasteiger partial charge in [0.15, 0.2) is 0 Å². The largest absolute Gasteiger partial charge is 0.317 e. The highest BCUT2D eigenvalue weighted by molar-refractivity contribution is 7.87. The van der Waals surface area contributed by atoms with Crippen LogP contribution in [0, 0.1) is 0 Å². The molecule has 1 amide bonds. The molecule has 16 heavy (non-hydrogen) atoms. The molecular weight excluding hydrogens is 230 g/mol. The molecule has 0 aromatic carbocycles. The van der Waals surface area contributed by atoms with Crippen LogP contribution < -0.4 is 10.0 Å². The molecular formula is C9H17N3O3S. The molecule has 1 aliphatic rings. The second-order valence-electron chi connectivity index (χ2n) is 3.64. The van der Waals surface area contributed by atoms with Crippen molar-refractivity contribution >= 4 is 16.1 Å². The van der Waals surface area contributed by atoms with Crippen LogP contribution in [0.1, 0.15) is 12.8 Å². The Morgan fingerprint density at radius 2 is 2.00 bits per heavy atom. The molecule has 0 aromatic heterocycles. The summed E-state index contributed by atoms with van der Waals surface area (Å²) in [5.74, 6) is -0.698. The summed E-state index contributed by atoms with van der Waals surface area (Å²) in [6.45, 7) is 4.05. The van der Waals surface area contributed by atoms with Gasteiger partial charge in [0.05, 0.1) is 0 Å². The van der Waals surface area contributed by atoms with Crippen LogP contribution in [-0.4, -0.2) is 44.8 Å². The van der Waals surface area contributed by atoms with Gasteiger partial charge in [-0.25, -0.2) is 4.72 Å². The third-order valence-electron chi connectivity index (χ3n) is 2.62. The molecule has 6 nitrogen and oxygen atoms in total. The number of amides is 1. The second kappa shape index (κ2) is 5.42. The van der Waals surface area contributed by atoms with Gasteiger partial charge in [0.1, 0.15) is 0 Å². The molecule has 7 heteroatoms. The smallest absolute Gasteiger partial charge is 0.304 e. The lowest BCUT2D eigenvalue weighted by molar-refractivity contribution is -0.114. The van der Waals surface area contributed by atoms with Crippen LogP contribution in [0.25, 0.3) is 0 Å². The van der Waals surface area contributed by atoms with Crippen LogP contribution in [0.2, 0.25) is 0 Å². The predicted octanol–water partition coefficient (Wildman–Crippen LogP) is -0.783. The Kier molecular flexibility index (Phi) is 4.45. The summed E-state index contributed by atoms with van der Waals surface area (Å²) in [7, 11) is -1.84. The lowest BCUT2D eigenvalue weighted by Gasteiger charge is -2.30. The summed E-state index contributed by atoms with van der Waals surface area (Å²) in [5.41, 5.74) is 0. The summed E-state index contributed by atoms with van der Waals surface area (Å²) in [5, 5.41) is 3.10. The second-order valence-corrected chi connectivity index (χ2v) is 5.31. The van der Waals surface area contributed by atoms with Gasteiger partial charge in [0.25, 0.3) is 5.91 Å². The van der Waals surface area contributed by atoms with E-state index in [0.29, 0.717) is 19.1 Å². The van der Waals surface area contributed by atoms with Crippen molar-refractivity contribution in [2.75, 3.05) is 20.1 Å².